The zero-order valence-electron chi connectivity index (χ0n) is 17.1. The zero-order valence-corrected chi connectivity index (χ0v) is 17.1. The normalized spacial score (nSPS) is 20.1. The molecule has 29 heavy (non-hydrogen) atoms. The number of benzene rings is 1. The Morgan fingerprint density at radius 3 is 2.66 bits per heavy atom. The molecule has 154 valence electrons. The summed E-state index contributed by atoms with van der Waals surface area (Å²) in [7, 11) is 0. The fourth-order valence-electron chi connectivity index (χ4n) is 4.29. The minimum Gasteiger partial charge on any atom is -0.391 e. The summed E-state index contributed by atoms with van der Waals surface area (Å²) >= 11 is 0. The van der Waals surface area contributed by atoms with E-state index in [-0.39, 0.29) is 6.10 Å². The van der Waals surface area contributed by atoms with Crippen LogP contribution in [0.25, 0.3) is 0 Å². The lowest BCUT2D eigenvalue weighted by atomic mass is 9.87. The van der Waals surface area contributed by atoms with Crippen LogP contribution in [0.1, 0.15) is 47.7 Å². The second-order valence-electron chi connectivity index (χ2n) is 8.00. The Hall–Kier alpha value is -2.51. The topological polar surface area (TPSA) is 94.4 Å². The summed E-state index contributed by atoms with van der Waals surface area (Å²) in [5.41, 5.74) is 4.26. The number of aryl methyl sites for hydroxylation is 2. The number of aliphatic hydroxyl groups excluding tert-OH is 1. The van der Waals surface area contributed by atoms with E-state index in [0.29, 0.717) is 24.1 Å². The van der Waals surface area contributed by atoms with E-state index >= 15 is 0 Å². The van der Waals surface area contributed by atoms with Crippen molar-refractivity contribution in [3.63, 3.8) is 0 Å². The van der Waals surface area contributed by atoms with Crippen LogP contribution >= 0.6 is 0 Å². The summed E-state index contributed by atoms with van der Waals surface area (Å²) in [6, 6.07) is 6.17. The minimum absolute atomic E-state index is 0.301. The van der Waals surface area contributed by atoms with Gasteiger partial charge in [0, 0.05) is 49.8 Å². The molecule has 1 atom stereocenters. The molecule has 3 N–H and O–H groups in total. The first-order valence-corrected chi connectivity index (χ1v) is 10.3. The first-order chi connectivity index (χ1) is 14.0. The molecule has 1 aromatic carbocycles. The minimum atomic E-state index is -0.301. The highest BCUT2D eigenvalue weighted by atomic mass is 16.5. The molecule has 0 saturated carbocycles. The molecule has 0 aliphatic carbocycles. The third-order valence-electron chi connectivity index (χ3n) is 5.83. The van der Waals surface area contributed by atoms with Crippen LogP contribution in [0, 0.1) is 19.3 Å². The maximum absolute atomic E-state index is 9.85. The molecular weight excluding hydrogens is 366 g/mol. The second-order valence-corrected chi connectivity index (χ2v) is 8.00. The van der Waals surface area contributed by atoms with Crippen molar-refractivity contribution in [2.24, 2.45) is 0 Å². The maximum Gasteiger partial charge on any atom is 0.136 e. The van der Waals surface area contributed by atoms with Gasteiger partial charge in [-0.25, -0.2) is 9.97 Å². The Bertz CT molecular complexity index is 895. The molecule has 0 spiro atoms. The molecule has 7 nitrogen and oxygen atoms in total. The quantitative estimate of drug-likeness (QED) is 0.673. The molecule has 0 amide bonds. The highest BCUT2D eigenvalue weighted by Gasteiger charge is 2.23. The Balaban J connectivity index is 1.64. The molecule has 1 aromatic heterocycles. The Labute approximate surface area is 171 Å². The van der Waals surface area contributed by atoms with Gasteiger partial charge in [-0.05, 0) is 62.3 Å². The summed E-state index contributed by atoms with van der Waals surface area (Å²) in [4.78, 5) is 11.2. The first kappa shape index (κ1) is 19.8. The van der Waals surface area contributed by atoms with E-state index < -0.39 is 0 Å². The van der Waals surface area contributed by atoms with Gasteiger partial charge in [-0.15, -0.1) is 0 Å². The van der Waals surface area contributed by atoms with Crippen molar-refractivity contribution in [3.8, 4) is 0 Å². The van der Waals surface area contributed by atoms with Gasteiger partial charge >= 0.3 is 0 Å². The number of hydrogen-bond acceptors (Lipinski definition) is 7. The van der Waals surface area contributed by atoms with Crippen LogP contribution in [-0.4, -0.2) is 53.7 Å². The standard InChI is InChI=1S/C22H29N5O2/c1-14-9-17(12-23)20(10-19(14)16-4-7-29-8-5-16)26-21-11-22(25-15(2)24-21)27-6-3-18(28)13-27/h9-12,16,18,23,28H,3-8,13H2,1-2H3,(H,24,25,26). The fourth-order valence-corrected chi connectivity index (χ4v) is 4.29. The van der Waals surface area contributed by atoms with Gasteiger partial charge in [-0.2, -0.15) is 0 Å². The molecule has 3 heterocycles. The summed E-state index contributed by atoms with van der Waals surface area (Å²) in [6.45, 7) is 6.99. The van der Waals surface area contributed by atoms with Crippen molar-refractivity contribution in [1.29, 1.82) is 5.41 Å². The summed E-state index contributed by atoms with van der Waals surface area (Å²) in [5, 5.41) is 21.1. The lowest BCUT2D eigenvalue weighted by Gasteiger charge is -2.25. The van der Waals surface area contributed by atoms with E-state index in [9.17, 15) is 5.11 Å². The van der Waals surface area contributed by atoms with Gasteiger partial charge < -0.3 is 25.5 Å². The monoisotopic (exact) mass is 395 g/mol. The molecule has 0 bridgehead atoms. The maximum atomic E-state index is 9.85. The number of nitrogens with zero attached hydrogens (tertiary/aromatic N) is 3. The number of aromatic nitrogens is 2. The number of rotatable bonds is 5. The van der Waals surface area contributed by atoms with E-state index in [2.05, 4.69) is 39.2 Å². The summed E-state index contributed by atoms with van der Waals surface area (Å²) < 4.78 is 5.52. The van der Waals surface area contributed by atoms with Crippen LogP contribution in [0.15, 0.2) is 18.2 Å². The Kier molecular flexibility index (Phi) is 5.78. The lowest BCUT2D eigenvalue weighted by molar-refractivity contribution is 0.0852. The largest absolute Gasteiger partial charge is 0.391 e. The lowest BCUT2D eigenvalue weighted by Crippen LogP contribution is -2.22. The van der Waals surface area contributed by atoms with E-state index in [0.717, 1.165) is 56.1 Å². The molecular formula is C22H29N5O2. The third-order valence-corrected chi connectivity index (χ3v) is 5.83. The predicted molar refractivity (Wildman–Crippen MR) is 115 cm³/mol. The molecule has 7 heteroatoms. The Morgan fingerprint density at radius 2 is 1.97 bits per heavy atom. The number of β-amino-alcohol motifs (C(OH)–C–C–N with tert-alkyl or cyclic N) is 1. The average Bonchev–Trinajstić information content (AvgIpc) is 3.15. The number of nitrogens with one attached hydrogen (secondary N) is 2. The Morgan fingerprint density at radius 1 is 1.17 bits per heavy atom. The van der Waals surface area contributed by atoms with Crippen molar-refractivity contribution >= 4 is 23.5 Å². The molecule has 1 unspecified atom stereocenters. The smallest absolute Gasteiger partial charge is 0.136 e. The van der Waals surface area contributed by atoms with Crippen LogP contribution in [-0.2, 0) is 4.74 Å². The van der Waals surface area contributed by atoms with Gasteiger partial charge in [-0.3, -0.25) is 0 Å². The van der Waals surface area contributed by atoms with Gasteiger partial charge in [0.2, 0.25) is 0 Å². The third kappa shape index (κ3) is 4.41. The molecule has 0 radical (unpaired) electrons. The van der Waals surface area contributed by atoms with E-state index in [1.54, 1.807) is 0 Å². The van der Waals surface area contributed by atoms with Crippen LogP contribution < -0.4 is 10.2 Å². The van der Waals surface area contributed by atoms with Gasteiger partial charge in [0.05, 0.1) is 6.10 Å². The van der Waals surface area contributed by atoms with Gasteiger partial charge in [0.1, 0.15) is 17.5 Å². The number of ether oxygens (including phenoxy) is 1. The average molecular weight is 396 g/mol. The predicted octanol–water partition coefficient (Wildman–Crippen LogP) is 3.30. The molecule has 2 aromatic rings. The van der Waals surface area contributed by atoms with E-state index in [1.807, 2.05) is 13.0 Å². The van der Waals surface area contributed by atoms with Gasteiger partial charge in [0.15, 0.2) is 0 Å². The van der Waals surface area contributed by atoms with Crippen LogP contribution in [0.2, 0.25) is 0 Å². The number of hydrogen-bond donors (Lipinski definition) is 3. The highest BCUT2D eigenvalue weighted by molar-refractivity contribution is 5.88. The van der Waals surface area contributed by atoms with Crippen molar-refractivity contribution in [2.45, 2.75) is 45.1 Å². The summed E-state index contributed by atoms with van der Waals surface area (Å²) in [6.07, 6.45) is 3.90. The van der Waals surface area contributed by atoms with E-state index in [4.69, 9.17) is 10.1 Å². The second kappa shape index (κ2) is 8.47. The van der Waals surface area contributed by atoms with Gasteiger partial charge in [0.25, 0.3) is 0 Å². The first-order valence-electron chi connectivity index (χ1n) is 10.3. The molecule has 2 aliphatic heterocycles. The molecule has 2 fully saturated rings. The van der Waals surface area contributed by atoms with Crippen LogP contribution in [0.5, 0.6) is 0 Å². The fraction of sp³-hybridized carbons (Fsp3) is 0.500. The van der Waals surface area contributed by atoms with E-state index in [1.165, 1.54) is 17.3 Å². The van der Waals surface area contributed by atoms with Gasteiger partial charge in [-0.1, -0.05) is 0 Å². The number of anilines is 3. The van der Waals surface area contributed by atoms with Crippen molar-refractivity contribution in [3.05, 3.63) is 40.7 Å². The molecule has 2 saturated heterocycles. The highest BCUT2D eigenvalue weighted by Crippen LogP contribution is 2.34. The van der Waals surface area contributed by atoms with Crippen LogP contribution in [0.4, 0.5) is 17.3 Å². The number of aliphatic hydroxyl groups is 1. The van der Waals surface area contributed by atoms with Crippen molar-refractivity contribution in [1.82, 2.24) is 9.97 Å². The van der Waals surface area contributed by atoms with Crippen molar-refractivity contribution < 1.29 is 9.84 Å². The molecule has 4 rings (SSSR count). The SMILES string of the molecule is Cc1nc(Nc2cc(C3CCOCC3)c(C)cc2C=N)cc(N2CCC(O)C2)n1. The summed E-state index contributed by atoms with van der Waals surface area (Å²) in [5.74, 6) is 2.70. The van der Waals surface area contributed by atoms with Crippen molar-refractivity contribution in [2.75, 3.05) is 36.5 Å². The van der Waals surface area contributed by atoms with Crippen LogP contribution in [0.3, 0.4) is 0 Å². The zero-order chi connectivity index (χ0) is 20.4. The molecule has 2 aliphatic rings.